The summed E-state index contributed by atoms with van der Waals surface area (Å²) in [4.78, 5) is 8.36. The van der Waals surface area contributed by atoms with E-state index in [1.807, 2.05) is 12.1 Å². The molecule has 1 aliphatic rings. The molecule has 2 rings (SSSR count). The summed E-state index contributed by atoms with van der Waals surface area (Å²) >= 11 is 0. The van der Waals surface area contributed by atoms with E-state index >= 15 is 0 Å². The first-order valence-electron chi connectivity index (χ1n) is 4.39. The number of nitriles is 1. The minimum atomic E-state index is -0.250. The van der Waals surface area contributed by atoms with E-state index in [0.29, 0.717) is 0 Å². The topological polar surface area (TPSA) is 61.1 Å². The molecule has 72 valence electrons. The van der Waals surface area contributed by atoms with E-state index < -0.39 is 0 Å². The summed E-state index contributed by atoms with van der Waals surface area (Å²) in [6.45, 7) is -0.250. The van der Waals surface area contributed by atoms with Crippen molar-refractivity contribution in [2.45, 2.75) is 18.8 Å². The molecule has 0 bridgehead atoms. The predicted octanol–water partition coefficient (Wildman–Crippen LogP) is 2.14. The first-order valence-corrected chi connectivity index (χ1v) is 4.39. The molecule has 1 aliphatic carbocycles. The second-order valence-corrected chi connectivity index (χ2v) is 3.11. The Morgan fingerprint density at radius 2 is 1.86 bits per heavy atom. The van der Waals surface area contributed by atoms with Crippen molar-refractivity contribution in [2.24, 2.45) is 0 Å². The Morgan fingerprint density at radius 3 is 2.21 bits per heavy atom. The highest BCUT2D eigenvalue weighted by Crippen LogP contribution is 2.39. The quantitative estimate of drug-likeness (QED) is 0.688. The molecule has 0 unspecified atom stereocenters. The Hall–Kier alpha value is -1.82. The average Bonchev–Trinajstić information content (AvgIpc) is 3.03. The van der Waals surface area contributed by atoms with E-state index in [1.54, 1.807) is 0 Å². The van der Waals surface area contributed by atoms with Gasteiger partial charge in [0.1, 0.15) is 0 Å². The highest BCUT2D eigenvalue weighted by Gasteiger charge is 2.22. The van der Waals surface area contributed by atoms with Crippen molar-refractivity contribution >= 4 is 6.47 Å². The zero-order valence-electron chi connectivity index (χ0n) is 7.68. The summed E-state index contributed by atoms with van der Waals surface area (Å²) in [5, 5.41) is 15.4. The number of benzene rings is 1. The average molecular weight is 189 g/mol. The van der Waals surface area contributed by atoms with Crippen molar-refractivity contribution in [3.63, 3.8) is 0 Å². The van der Waals surface area contributed by atoms with Gasteiger partial charge in [-0.1, -0.05) is 12.1 Å². The van der Waals surface area contributed by atoms with Crippen LogP contribution in [-0.2, 0) is 4.79 Å². The van der Waals surface area contributed by atoms with Crippen LogP contribution in [-0.4, -0.2) is 11.6 Å². The SMILES string of the molecule is N#Cc1ccc(C2CC2)cc1.O=CO. The molecule has 0 saturated heterocycles. The summed E-state index contributed by atoms with van der Waals surface area (Å²) in [6, 6.07) is 10.0. The van der Waals surface area contributed by atoms with Crippen molar-refractivity contribution < 1.29 is 9.90 Å². The zero-order chi connectivity index (χ0) is 10.4. The van der Waals surface area contributed by atoms with Crippen LogP contribution in [0.15, 0.2) is 24.3 Å². The first-order chi connectivity index (χ1) is 6.81. The van der Waals surface area contributed by atoms with Gasteiger partial charge in [-0.2, -0.15) is 5.26 Å². The molecule has 1 aromatic rings. The first kappa shape index (κ1) is 10.3. The van der Waals surface area contributed by atoms with Gasteiger partial charge in [0.25, 0.3) is 6.47 Å². The number of carboxylic acid groups (broad SMARTS) is 1. The van der Waals surface area contributed by atoms with Crippen LogP contribution >= 0.6 is 0 Å². The smallest absolute Gasteiger partial charge is 0.290 e. The normalized spacial score (nSPS) is 13.4. The molecule has 3 heteroatoms. The fourth-order valence-electron chi connectivity index (χ4n) is 1.25. The standard InChI is InChI=1S/C10H9N.CH2O2/c11-7-8-1-3-9(4-2-8)10-5-6-10;2-1-3/h1-4,10H,5-6H2;1H,(H,2,3). The lowest BCUT2D eigenvalue weighted by Gasteiger charge is -1.95. The predicted molar refractivity (Wildman–Crippen MR) is 51.8 cm³/mol. The molecule has 1 N–H and O–H groups in total. The number of hydrogen-bond acceptors (Lipinski definition) is 2. The fourth-order valence-corrected chi connectivity index (χ4v) is 1.25. The monoisotopic (exact) mass is 189 g/mol. The van der Waals surface area contributed by atoms with Crippen LogP contribution in [0.5, 0.6) is 0 Å². The highest BCUT2D eigenvalue weighted by molar-refractivity contribution is 5.34. The molecular formula is C11H11NO2. The Kier molecular flexibility index (Phi) is 3.69. The van der Waals surface area contributed by atoms with Crippen LogP contribution in [0.2, 0.25) is 0 Å². The molecule has 0 heterocycles. The maximum absolute atomic E-state index is 8.53. The largest absolute Gasteiger partial charge is 0.483 e. The molecule has 0 spiro atoms. The number of nitrogens with zero attached hydrogens (tertiary/aromatic N) is 1. The maximum Gasteiger partial charge on any atom is 0.290 e. The van der Waals surface area contributed by atoms with Crippen LogP contribution in [0, 0.1) is 11.3 Å². The zero-order valence-corrected chi connectivity index (χ0v) is 7.68. The summed E-state index contributed by atoms with van der Waals surface area (Å²) in [5.41, 5.74) is 2.15. The van der Waals surface area contributed by atoms with E-state index in [-0.39, 0.29) is 6.47 Å². The molecule has 0 atom stereocenters. The van der Waals surface area contributed by atoms with Gasteiger partial charge in [-0.05, 0) is 36.5 Å². The lowest BCUT2D eigenvalue weighted by molar-refractivity contribution is -0.122. The van der Waals surface area contributed by atoms with E-state index in [1.165, 1.54) is 18.4 Å². The minimum Gasteiger partial charge on any atom is -0.483 e. The molecule has 0 radical (unpaired) electrons. The molecule has 0 amide bonds. The third-order valence-corrected chi connectivity index (χ3v) is 2.09. The van der Waals surface area contributed by atoms with Crippen molar-refractivity contribution in [3.05, 3.63) is 35.4 Å². The molecule has 1 saturated carbocycles. The van der Waals surface area contributed by atoms with Gasteiger partial charge in [-0.15, -0.1) is 0 Å². The van der Waals surface area contributed by atoms with E-state index in [0.717, 1.165) is 11.5 Å². The lowest BCUT2D eigenvalue weighted by atomic mass is 10.1. The summed E-state index contributed by atoms with van der Waals surface area (Å²) in [7, 11) is 0. The molecular weight excluding hydrogens is 178 g/mol. The van der Waals surface area contributed by atoms with Gasteiger partial charge in [0.2, 0.25) is 0 Å². The van der Waals surface area contributed by atoms with Crippen LogP contribution < -0.4 is 0 Å². The maximum atomic E-state index is 8.53. The molecule has 0 aliphatic heterocycles. The number of hydrogen-bond donors (Lipinski definition) is 1. The van der Waals surface area contributed by atoms with E-state index in [2.05, 4.69) is 18.2 Å². The third kappa shape index (κ3) is 2.91. The van der Waals surface area contributed by atoms with Gasteiger partial charge >= 0.3 is 0 Å². The third-order valence-electron chi connectivity index (χ3n) is 2.09. The fraction of sp³-hybridized carbons (Fsp3) is 0.273. The van der Waals surface area contributed by atoms with Gasteiger partial charge < -0.3 is 5.11 Å². The number of rotatable bonds is 1. The Bertz CT molecular complexity index is 333. The molecule has 1 fully saturated rings. The minimum absolute atomic E-state index is 0.250. The molecule has 3 nitrogen and oxygen atoms in total. The molecule has 14 heavy (non-hydrogen) atoms. The van der Waals surface area contributed by atoms with Crippen LogP contribution in [0.3, 0.4) is 0 Å². The Balaban J connectivity index is 0.000000293. The van der Waals surface area contributed by atoms with E-state index in [9.17, 15) is 0 Å². The van der Waals surface area contributed by atoms with Crippen molar-refractivity contribution in [2.75, 3.05) is 0 Å². The second kappa shape index (κ2) is 5.03. The van der Waals surface area contributed by atoms with Crippen LogP contribution in [0.25, 0.3) is 0 Å². The molecule has 0 aromatic heterocycles. The lowest BCUT2D eigenvalue weighted by Crippen LogP contribution is -1.78. The Morgan fingerprint density at radius 1 is 1.36 bits per heavy atom. The van der Waals surface area contributed by atoms with Gasteiger partial charge in [0.05, 0.1) is 11.6 Å². The summed E-state index contributed by atoms with van der Waals surface area (Å²) in [5.74, 6) is 0.794. The summed E-state index contributed by atoms with van der Waals surface area (Å²) < 4.78 is 0. The Labute approximate surface area is 82.6 Å². The van der Waals surface area contributed by atoms with E-state index in [4.69, 9.17) is 15.2 Å². The van der Waals surface area contributed by atoms with Gasteiger partial charge in [-0.25, -0.2) is 0 Å². The van der Waals surface area contributed by atoms with Gasteiger partial charge in [0, 0.05) is 0 Å². The van der Waals surface area contributed by atoms with Crippen LogP contribution in [0.4, 0.5) is 0 Å². The number of carbonyl (C=O) groups is 1. The highest BCUT2D eigenvalue weighted by atomic mass is 16.3. The summed E-state index contributed by atoms with van der Waals surface area (Å²) in [6.07, 6.45) is 2.65. The van der Waals surface area contributed by atoms with Gasteiger partial charge in [0.15, 0.2) is 0 Å². The van der Waals surface area contributed by atoms with Crippen LogP contribution in [0.1, 0.15) is 29.9 Å². The van der Waals surface area contributed by atoms with Crippen molar-refractivity contribution in [3.8, 4) is 6.07 Å². The second-order valence-electron chi connectivity index (χ2n) is 3.11. The van der Waals surface area contributed by atoms with Crippen molar-refractivity contribution in [1.29, 1.82) is 5.26 Å². The van der Waals surface area contributed by atoms with Crippen molar-refractivity contribution in [1.82, 2.24) is 0 Å². The van der Waals surface area contributed by atoms with Gasteiger partial charge in [-0.3, -0.25) is 4.79 Å². The molecule has 1 aromatic carbocycles.